The molecule has 1 saturated carbocycles. The molecule has 1 aliphatic rings. The van der Waals surface area contributed by atoms with Crippen molar-refractivity contribution in [1.82, 2.24) is 15.0 Å². The van der Waals surface area contributed by atoms with Crippen LogP contribution in [0.15, 0.2) is 77.7 Å². The van der Waals surface area contributed by atoms with Gasteiger partial charge in [0.25, 0.3) is 0 Å². The molecule has 1 amide bonds. The van der Waals surface area contributed by atoms with E-state index in [1.165, 1.54) is 12.1 Å². The molecule has 6 N–H and O–H groups in total. The molecule has 4 aromatic rings. The van der Waals surface area contributed by atoms with Crippen molar-refractivity contribution in [3.8, 4) is 11.3 Å². The van der Waals surface area contributed by atoms with E-state index in [2.05, 4.69) is 15.0 Å². The molecule has 244 valence electrons. The summed E-state index contributed by atoms with van der Waals surface area (Å²) in [5.74, 6) is -1.83. The van der Waals surface area contributed by atoms with Gasteiger partial charge in [0.15, 0.2) is 0 Å². The molecule has 0 spiro atoms. The number of amides is 1. The Bertz CT molecular complexity index is 1800. The molecule has 1 aliphatic carbocycles. The molecule has 0 aliphatic heterocycles. The maximum atomic E-state index is 13.4. The van der Waals surface area contributed by atoms with Gasteiger partial charge in [0.2, 0.25) is 15.9 Å². The minimum absolute atomic E-state index is 0.0777. The summed E-state index contributed by atoms with van der Waals surface area (Å²) in [6.07, 6.45) is 3.48. The number of hydrogen-bond acceptors (Lipinski definition) is 5. The number of carboxylic acid groups (broad SMARTS) is 1. The molecule has 46 heavy (non-hydrogen) atoms. The van der Waals surface area contributed by atoms with E-state index in [9.17, 15) is 27.5 Å². The number of aliphatic carboxylic acids is 1. The number of carbonyl (C=O) groups is 2. The fourth-order valence-corrected chi connectivity index (χ4v) is 7.48. The fraction of sp³-hybridized carbons (Fsp3) is 0.371. The average Bonchev–Trinajstić information content (AvgIpc) is 3.47. The number of halogens is 1. The van der Waals surface area contributed by atoms with Gasteiger partial charge in [-0.3, -0.25) is 9.59 Å². The second kappa shape index (κ2) is 14.1. The molecule has 0 bridgehead atoms. The number of rotatable bonds is 12. The number of fused-ring (bicyclic) bond motifs is 1. The zero-order valence-electron chi connectivity index (χ0n) is 26.0. The molecular weight excluding hydrogens is 607 g/mol. The molecule has 9 nitrogen and oxygen atoms in total. The van der Waals surface area contributed by atoms with Crippen LogP contribution in [0.4, 0.5) is 4.39 Å². The normalized spacial score (nSPS) is 19.0. The van der Waals surface area contributed by atoms with Crippen LogP contribution in [0.2, 0.25) is 0 Å². The van der Waals surface area contributed by atoms with Crippen molar-refractivity contribution in [2.24, 2.45) is 17.6 Å². The average molecular weight is 649 g/mol. The number of nitrogens with one attached hydrogen (secondary N) is 3. The largest absolute Gasteiger partial charge is 0.480 e. The quantitative estimate of drug-likeness (QED) is 0.133. The molecular formula is C35H41FN4O5S. The second-order valence-corrected chi connectivity index (χ2v) is 14.1. The van der Waals surface area contributed by atoms with Crippen molar-refractivity contribution in [2.45, 2.75) is 75.4 Å². The molecule has 11 heteroatoms. The Morgan fingerprint density at radius 3 is 2.39 bits per heavy atom. The summed E-state index contributed by atoms with van der Waals surface area (Å²) < 4.78 is 42.8. The summed E-state index contributed by atoms with van der Waals surface area (Å²) in [6.45, 7) is 3.69. The molecule has 3 atom stereocenters. The van der Waals surface area contributed by atoms with Gasteiger partial charge in [-0.2, -0.15) is 0 Å². The van der Waals surface area contributed by atoms with Crippen molar-refractivity contribution in [2.75, 3.05) is 0 Å². The Morgan fingerprint density at radius 1 is 1.00 bits per heavy atom. The topological polar surface area (TPSA) is 154 Å². The van der Waals surface area contributed by atoms with Crippen LogP contribution in [0.5, 0.6) is 0 Å². The molecule has 5 rings (SSSR count). The lowest BCUT2D eigenvalue weighted by atomic mass is 9.85. The minimum atomic E-state index is -3.81. The van der Waals surface area contributed by atoms with Crippen LogP contribution in [0.3, 0.4) is 0 Å². The first kappa shape index (κ1) is 33.3. The van der Waals surface area contributed by atoms with E-state index in [0.29, 0.717) is 44.0 Å². The summed E-state index contributed by atoms with van der Waals surface area (Å²) in [4.78, 5) is 27.7. The predicted octanol–water partition coefficient (Wildman–Crippen LogP) is 5.67. The number of benzene rings is 3. The third-order valence-corrected chi connectivity index (χ3v) is 10.6. The highest BCUT2D eigenvalue weighted by atomic mass is 32.2. The maximum absolute atomic E-state index is 13.4. The van der Waals surface area contributed by atoms with Crippen molar-refractivity contribution < 1.29 is 27.5 Å². The monoisotopic (exact) mass is 648 g/mol. The van der Waals surface area contributed by atoms with Crippen molar-refractivity contribution in [3.63, 3.8) is 0 Å². The fourth-order valence-electron chi connectivity index (χ4n) is 6.15. The number of nitrogens with two attached hydrogens (primary N) is 1. The third-order valence-electron chi connectivity index (χ3n) is 9.13. The summed E-state index contributed by atoms with van der Waals surface area (Å²) in [6, 6.07) is 19.4. The van der Waals surface area contributed by atoms with E-state index in [0.717, 1.165) is 27.8 Å². The summed E-state index contributed by atoms with van der Waals surface area (Å²) in [5.41, 5.74) is 10.2. The van der Waals surface area contributed by atoms with Gasteiger partial charge in [0.05, 0.1) is 10.9 Å². The molecule has 1 fully saturated rings. The Hall–Kier alpha value is -4.06. The Labute approximate surface area is 268 Å². The first-order valence-electron chi connectivity index (χ1n) is 15.7. The highest BCUT2D eigenvalue weighted by Gasteiger charge is 2.30. The van der Waals surface area contributed by atoms with E-state index in [1.54, 1.807) is 30.3 Å². The van der Waals surface area contributed by atoms with Gasteiger partial charge in [-0.05, 0) is 92.8 Å². The van der Waals surface area contributed by atoms with Gasteiger partial charge >= 0.3 is 5.97 Å². The minimum Gasteiger partial charge on any atom is -0.480 e. The predicted molar refractivity (Wildman–Crippen MR) is 176 cm³/mol. The van der Waals surface area contributed by atoms with Gasteiger partial charge in [0.1, 0.15) is 11.9 Å². The highest BCUT2D eigenvalue weighted by molar-refractivity contribution is 7.89. The summed E-state index contributed by atoms with van der Waals surface area (Å²) >= 11 is 0. The first-order valence-corrected chi connectivity index (χ1v) is 17.2. The van der Waals surface area contributed by atoms with Crippen LogP contribution in [-0.4, -0.2) is 42.5 Å². The zero-order chi connectivity index (χ0) is 33.0. The van der Waals surface area contributed by atoms with E-state index in [4.69, 9.17) is 5.73 Å². The van der Waals surface area contributed by atoms with Gasteiger partial charge < -0.3 is 21.1 Å². The maximum Gasteiger partial charge on any atom is 0.320 e. The van der Waals surface area contributed by atoms with Crippen LogP contribution >= 0.6 is 0 Å². The third kappa shape index (κ3) is 7.83. The highest BCUT2D eigenvalue weighted by Crippen LogP contribution is 2.31. The Kier molecular flexibility index (Phi) is 10.2. The molecule has 2 unspecified atom stereocenters. The Balaban J connectivity index is 1.21. The zero-order valence-corrected chi connectivity index (χ0v) is 26.8. The lowest BCUT2D eigenvalue weighted by Gasteiger charge is -2.29. The van der Waals surface area contributed by atoms with Crippen LogP contribution in [0.25, 0.3) is 22.2 Å². The number of aryl methyl sites for hydroxylation is 1. The lowest BCUT2D eigenvalue weighted by Crippen LogP contribution is -2.41. The number of hydrogen-bond donors (Lipinski definition) is 5. The van der Waals surface area contributed by atoms with Crippen LogP contribution in [-0.2, 0) is 26.0 Å². The van der Waals surface area contributed by atoms with Crippen molar-refractivity contribution in [3.05, 3.63) is 89.7 Å². The van der Waals surface area contributed by atoms with Gasteiger partial charge in [0, 0.05) is 34.1 Å². The van der Waals surface area contributed by atoms with Gasteiger partial charge in [-0.25, -0.2) is 17.5 Å². The molecule has 1 aromatic heterocycles. The van der Waals surface area contributed by atoms with Gasteiger partial charge in [-0.15, -0.1) is 0 Å². The summed E-state index contributed by atoms with van der Waals surface area (Å²) in [5, 5.41) is 13.1. The summed E-state index contributed by atoms with van der Waals surface area (Å²) in [7, 11) is -3.81. The van der Waals surface area contributed by atoms with Crippen LogP contribution < -0.4 is 15.8 Å². The van der Waals surface area contributed by atoms with Crippen LogP contribution in [0.1, 0.15) is 63.1 Å². The standard InChI is InChI=1S/C35H41FN4O5S/c1-21(33(37)35(42)43)7-8-24-5-3-4-6-30(24)32-19-26-13-18-29(20-31(26)39-32)46(44,45)40-28-16-11-25(12-17-28)34(41)38-22(2)23-9-14-27(36)15-10-23/h3-6,9-10,13-15,18-22,25,28,33,39-40H,7-8,11-12,16-17,37H2,1-2H3,(H,38,41)(H,42,43)/t21?,22-,25?,28?,33?/m1/s1. The van der Waals surface area contributed by atoms with E-state index >= 15 is 0 Å². The smallest absolute Gasteiger partial charge is 0.320 e. The number of H-pyrrole nitrogens is 1. The molecule has 0 saturated heterocycles. The molecule has 1 heterocycles. The number of carbonyl (C=O) groups excluding carboxylic acids is 1. The molecule has 0 radical (unpaired) electrons. The molecule has 3 aromatic carbocycles. The number of aromatic nitrogens is 1. The van der Waals surface area contributed by atoms with E-state index in [1.807, 2.05) is 44.2 Å². The van der Waals surface area contributed by atoms with E-state index < -0.39 is 22.0 Å². The van der Waals surface area contributed by atoms with Gasteiger partial charge in [-0.1, -0.05) is 49.4 Å². The lowest BCUT2D eigenvalue weighted by molar-refractivity contribution is -0.139. The number of aromatic amines is 1. The van der Waals surface area contributed by atoms with Crippen molar-refractivity contribution in [1.29, 1.82) is 0 Å². The number of carboxylic acids is 1. The van der Waals surface area contributed by atoms with E-state index in [-0.39, 0.29) is 40.5 Å². The Morgan fingerprint density at radius 2 is 1.70 bits per heavy atom. The SMILES string of the molecule is CC(CCc1ccccc1-c1cc2ccc(S(=O)(=O)NC3CCC(C(=O)N[C@H](C)c4ccc(F)cc4)CC3)cc2[nH]1)C(N)C(=O)O. The second-order valence-electron chi connectivity index (χ2n) is 12.4. The first-order chi connectivity index (χ1) is 21.9. The van der Waals surface area contributed by atoms with Crippen molar-refractivity contribution >= 4 is 32.8 Å². The van der Waals surface area contributed by atoms with Crippen LogP contribution in [0, 0.1) is 17.7 Å². The number of sulfonamides is 1.